The molecule has 4 aromatic rings. The van der Waals surface area contributed by atoms with Gasteiger partial charge in [-0.2, -0.15) is 5.10 Å². The van der Waals surface area contributed by atoms with Crippen LogP contribution in [0.15, 0.2) is 53.9 Å². The quantitative estimate of drug-likeness (QED) is 0.355. The Hall–Kier alpha value is -3.45. The number of benzene rings is 2. The highest BCUT2D eigenvalue weighted by Gasteiger charge is 2.14. The minimum Gasteiger partial charge on any atom is -0.489 e. The summed E-state index contributed by atoms with van der Waals surface area (Å²) < 4.78 is 21.6. The van der Waals surface area contributed by atoms with E-state index >= 15 is 0 Å². The molecule has 1 amide bonds. The van der Waals surface area contributed by atoms with E-state index in [0.717, 1.165) is 28.1 Å². The van der Waals surface area contributed by atoms with Gasteiger partial charge < -0.3 is 10.1 Å². The molecule has 5 nitrogen and oxygen atoms in total. The average Bonchev–Trinajstić information content (AvgIpc) is 3.38. The van der Waals surface area contributed by atoms with Gasteiger partial charge in [0.05, 0.1) is 11.4 Å². The van der Waals surface area contributed by atoms with Crippen molar-refractivity contribution in [2.24, 2.45) is 0 Å². The molecule has 4 rings (SSSR count). The molecule has 0 aliphatic carbocycles. The van der Waals surface area contributed by atoms with Gasteiger partial charge in [0, 0.05) is 22.9 Å². The predicted molar refractivity (Wildman–Crippen MR) is 130 cm³/mol. The molecule has 0 fully saturated rings. The van der Waals surface area contributed by atoms with E-state index < -0.39 is 0 Å². The van der Waals surface area contributed by atoms with Crippen molar-refractivity contribution in [2.75, 3.05) is 5.32 Å². The van der Waals surface area contributed by atoms with Crippen LogP contribution in [0.3, 0.4) is 0 Å². The second kappa shape index (κ2) is 9.58. The summed E-state index contributed by atoms with van der Waals surface area (Å²) in [6.45, 7) is 8.73. The summed E-state index contributed by atoms with van der Waals surface area (Å²) in [5.74, 6) is 0.790. The fourth-order valence-electron chi connectivity index (χ4n) is 3.58. The van der Waals surface area contributed by atoms with E-state index in [-0.39, 0.29) is 11.7 Å². The van der Waals surface area contributed by atoms with Gasteiger partial charge in [-0.15, -0.1) is 11.3 Å². The summed E-state index contributed by atoms with van der Waals surface area (Å²) in [7, 11) is 0. The Morgan fingerprint density at radius 3 is 2.70 bits per heavy atom. The average molecular weight is 464 g/mol. The summed E-state index contributed by atoms with van der Waals surface area (Å²) >= 11 is 1.36. The number of thiophene rings is 1. The van der Waals surface area contributed by atoms with Crippen LogP contribution in [0.4, 0.5) is 10.2 Å². The van der Waals surface area contributed by atoms with Crippen molar-refractivity contribution in [1.82, 2.24) is 9.78 Å². The molecule has 0 atom stereocenters. The molecule has 0 saturated carbocycles. The van der Waals surface area contributed by atoms with E-state index in [4.69, 9.17) is 4.74 Å². The fourth-order valence-corrected chi connectivity index (χ4v) is 4.37. The summed E-state index contributed by atoms with van der Waals surface area (Å²) in [5.41, 5.74) is 5.78. The number of aryl methyl sites for hydroxylation is 3. The SMILES string of the molecule is Cc1cc(C)c(C)c(OCc2csc(C(=O)Nc3cc(C)n(Cc4ccccc4F)n3)c2)c1. The summed E-state index contributed by atoms with van der Waals surface area (Å²) in [5, 5.41) is 9.18. The van der Waals surface area contributed by atoms with E-state index in [1.165, 1.54) is 23.0 Å². The number of carbonyl (C=O) groups is 1. The zero-order valence-electron chi connectivity index (χ0n) is 19.1. The lowest BCUT2D eigenvalue weighted by atomic mass is 10.1. The lowest BCUT2D eigenvalue weighted by Gasteiger charge is -2.11. The van der Waals surface area contributed by atoms with Crippen LogP contribution in [-0.4, -0.2) is 15.7 Å². The zero-order valence-corrected chi connectivity index (χ0v) is 19.9. The molecule has 170 valence electrons. The zero-order chi connectivity index (χ0) is 23.5. The first-order valence-corrected chi connectivity index (χ1v) is 11.6. The Morgan fingerprint density at radius 2 is 1.91 bits per heavy atom. The normalized spacial score (nSPS) is 10.9. The molecule has 0 radical (unpaired) electrons. The highest BCUT2D eigenvalue weighted by atomic mass is 32.1. The van der Waals surface area contributed by atoms with Crippen molar-refractivity contribution < 1.29 is 13.9 Å². The van der Waals surface area contributed by atoms with Crippen molar-refractivity contribution in [2.45, 2.75) is 40.8 Å². The van der Waals surface area contributed by atoms with E-state index in [1.54, 1.807) is 28.9 Å². The number of amides is 1. The molecule has 2 aromatic carbocycles. The highest BCUT2D eigenvalue weighted by molar-refractivity contribution is 7.12. The van der Waals surface area contributed by atoms with E-state index in [1.807, 2.05) is 38.3 Å². The molecular weight excluding hydrogens is 437 g/mol. The number of nitrogens with zero attached hydrogens (tertiary/aromatic N) is 2. The third-order valence-corrected chi connectivity index (χ3v) is 6.51. The number of carbonyl (C=O) groups excluding carboxylic acids is 1. The number of hydrogen-bond acceptors (Lipinski definition) is 4. The van der Waals surface area contributed by atoms with Crippen LogP contribution in [0.25, 0.3) is 0 Å². The molecule has 7 heteroatoms. The maximum Gasteiger partial charge on any atom is 0.266 e. The molecule has 0 aliphatic rings. The first-order chi connectivity index (χ1) is 15.8. The van der Waals surface area contributed by atoms with Gasteiger partial charge >= 0.3 is 0 Å². The molecule has 0 unspecified atom stereocenters. The number of ether oxygens (including phenoxy) is 1. The molecule has 1 N–H and O–H groups in total. The second-order valence-electron chi connectivity index (χ2n) is 8.19. The van der Waals surface area contributed by atoms with Crippen LogP contribution < -0.4 is 10.1 Å². The van der Waals surface area contributed by atoms with Gasteiger partial charge in [-0.05, 0) is 68.0 Å². The van der Waals surface area contributed by atoms with Gasteiger partial charge in [-0.3, -0.25) is 9.48 Å². The molecule has 0 spiro atoms. The number of anilines is 1. The molecule has 2 heterocycles. The van der Waals surface area contributed by atoms with Crippen LogP contribution in [0.5, 0.6) is 5.75 Å². The molecule has 2 aromatic heterocycles. The van der Waals surface area contributed by atoms with Crippen molar-refractivity contribution in [3.05, 3.63) is 98.1 Å². The first kappa shape index (κ1) is 22.7. The van der Waals surface area contributed by atoms with Crippen LogP contribution in [0.2, 0.25) is 0 Å². The Morgan fingerprint density at radius 1 is 1.12 bits per heavy atom. The molecule has 0 aliphatic heterocycles. The minimum absolute atomic E-state index is 0.232. The summed E-state index contributed by atoms with van der Waals surface area (Å²) in [4.78, 5) is 13.3. The fraction of sp³-hybridized carbons (Fsp3) is 0.231. The Labute approximate surface area is 196 Å². The van der Waals surface area contributed by atoms with Crippen molar-refractivity contribution in [3.63, 3.8) is 0 Å². The number of nitrogens with one attached hydrogen (secondary N) is 1. The van der Waals surface area contributed by atoms with Crippen LogP contribution in [-0.2, 0) is 13.2 Å². The highest BCUT2D eigenvalue weighted by Crippen LogP contribution is 2.25. The largest absolute Gasteiger partial charge is 0.489 e. The molecule has 0 saturated heterocycles. The van der Waals surface area contributed by atoms with Gasteiger partial charge in [0.15, 0.2) is 5.82 Å². The van der Waals surface area contributed by atoms with Crippen LogP contribution in [0.1, 0.15) is 43.2 Å². The maximum atomic E-state index is 14.0. The maximum absolute atomic E-state index is 14.0. The standard InChI is InChI=1S/C26H26FN3O2S/c1-16-9-17(2)19(4)23(10-16)32-14-20-12-24(33-15-20)26(31)28-25-11-18(3)30(29-25)13-21-7-5-6-8-22(21)27/h5-12,15H,13-14H2,1-4H3,(H,28,29,31). The predicted octanol–water partition coefficient (Wildman–Crippen LogP) is 6.20. The second-order valence-corrected chi connectivity index (χ2v) is 9.10. The van der Waals surface area contributed by atoms with E-state index in [0.29, 0.717) is 29.4 Å². The van der Waals surface area contributed by atoms with Gasteiger partial charge in [0.2, 0.25) is 0 Å². The van der Waals surface area contributed by atoms with Crippen molar-refractivity contribution in [1.29, 1.82) is 0 Å². The van der Waals surface area contributed by atoms with Crippen molar-refractivity contribution >= 4 is 23.1 Å². The lowest BCUT2D eigenvalue weighted by Crippen LogP contribution is -2.12. The molecule has 33 heavy (non-hydrogen) atoms. The van der Waals surface area contributed by atoms with Crippen LogP contribution >= 0.6 is 11.3 Å². The number of aromatic nitrogens is 2. The number of hydrogen-bond donors (Lipinski definition) is 1. The lowest BCUT2D eigenvalue weighted by molar-refractivity contribution is 0.103. The molecule has 0 bridgehead atoms. The Balaban J connectivity index is 1.40. The van der Waals surface area contributed by atoms with Gasteiger partial charge in [0.25, 0.3) is 5.91 Å². The smallest absolute Gasteiger partial charge is 0.266 e. The van der Waals surface area contributed by atoms with E-state index in [9.17, 15) is 9.18 Å². The van der Waals surface area contributed by atoms with Gasteiger partial charge in [-0.25, -0.2) is 4.39 Å². The van der Waals surface area contributed by atoms with Crippen LogP contribution in [0, 0.1) is 33.5 Å². The third-order valence-electron chi connectivity index (χ3n) is 5.54. The molecular formula is C26H26FN3O2S. The third kappa shape index (κ3) is 5.31. The summed E-state index contributed by atoms with van der Waals surface area (Å²) in [6.07, 6.45) is 0. The first-order valence-electron chi connectivity index (χ1n) is 10.7. The van der Waals surface area contributed by atoms with Crippen molar-refractivity contribution in [3.8, 4) is 5.75 Å². The number of halogens is 1. The minimum atomic E-state index is -0.276. The van der Waals surface area contributed by atoms with Gasteiger partial charge in [0.1, 0.15) is 18.2 Å². The topological polar surface area (TPSA) is 56.1 Å². The number of rotatable bonds is 7. The monoisotopic (exact) mass is 463 g/mol. The van der Waals surface area contributed by atoms with Gasteiger partial charge in [-0.1, -0.05) is 24.3 Å². The van der Waals surface area contributed by atoms with E-state index in [2.05, 4.69) is 23.4 Å². The Kier molecular flexibility index (Phi) is 6.60. The summed E-state index contributed by atoms with van der Waals surface area (Å²) in [6, 6.07) is 14.4. The Bertz CT molecular complexity index is 1310.